The highest BCUT2D eigenvalue weighted by Crippen LogP contribution is 2.27. The molecule has 0 unspecified atom stereocenters. The van der Waals surface area contributed by atoms with Gasteiger partial charge >= 0.3 is 5.63 Å². The van der Waals surface area contributed by atoms with Gasteiger partial charge in [0.2, 0.25) is 0 Å². The minimum absolute atomic E-state index is 0.117. The molecule has 1 heterocycles. The van der Waals surface area contributed by atoms with Crippen molar-refractivity contribution in [3.05, 3.63) is 43.1 Å². The Bertz CT molecular complexity index is 775. The molecular weight excluding hydrogens is 414 g/mol. The van der Waals surface area contributed by atoms with E-state index in [0.717, 1.165) is 4.47 Å². The van der Waals surface area contributed by atoms with Crippen LogP contribution in [-0.4, -0.2) is 11.0 Å². The molecule has 0 aliphatic rings. The highest BCUT2D eigenvalue weighted by Gasteiger charge is 2.15. The molecular formula is C11H7Br2N3O3S. The van der Waals surface area contributed by atoms with Crippen molar-refractivity contribution in [3.63, 3.8) is 0 Å². The highest BCUT2D eigenvalue weighted by molar-refractivity contribution is 9.11. The first-order chi connectivity index (χ1) is 9.38. The number of carbonyl (C=O) groups is 1. The van der Waals surface area contributed by atoms with Crippen LogP contribution >= 0.6 is 44.1 Å². The van der Waals surface area contributed by atoms with E-state index in [1.54, 1.807) is 12.1 Å². The molecule has 2 aromatic rings. The summed E-state index contributed by atoms with van der Waals surface area (Å²) in [5, 5.41) is 0.473. The van der Waals surface area contributed by atoms with Gasteiger partial charge in [-0.2, -0.15) is 0 Å². The van der Waals surface area contributed by atoms with E-state index in [0.29, 0.717) is 15.4 Å². The number of hydrogen-bond acceptors (Lipinski definition) is 4. The molecule has 1 amide bonds. The Hall–Kier alpha value is -1.45. The Morgan fingerprint density at radius 2 is 1.95 bits per heavy atom. The minimum Gasteiger partial charge on any atom is -0.421 e. The standard InChI is InChI=1S/C11H7Br2N3O3S/c12-5-1-4-2-6(9(17)15-16-11(14)20)10(18)19-8(4)7(13)3-5/h1-3H,(H,15,17)(H3,14,16,20). The van der Waals surface area contributed by atoms with E-state index < -0.39 is 11.5 Å². The van der Waals surface area contributed by atoms with Gasteiger partial charge in [-0.15, -0.1) is 0 Å². The van der Waals surface area contributed by atoms with Crippen molar-refractivity contribution in [2.75, 3.05) is 0 Å². The van der Waals surface area contributed by atoms with Crippen LogP contribution in [0.2, 0.25) is 0 Å². The maximum absolute atomic E-state index is 11.8. The second kappa shape index (κ2) is 5.90. The van der Waals surface area contributed by atoms with Gasteiger partial charge < -0.3 is 10.2 Å². The fourth-order valence-electron chi connectivity index (χ4n) is 1.50. The van der Waals surface area contributed by atoms with Gasteiger partial charge in [-0.3, -0.25) is 15.6 Å². The third kappa shape index (κ3) is 3.17. The Morgan fingerprint density at radius 3 is 2.60 bits per heavy atom. The van der Waals surface area contributed by atoms with Crippen molar-refractivity contribution in [1.29, 1.82) is 0 Å². The van der Waals surface area contributed by atoms with Gasteiger partial charge in [-0.05, 0) is 46.3 Å². The number of halogens is 2. The molecule has 0 radical (unpaired) electrons. The van der Waals surface area contributed by atoms with E-state index in [1.165, 1.54) is 6.07 Å². The Morgan fingerprint density at radius 1 is 1.25 bits per heavy atom. The van der Waals surface area contributed by atoms with Gasteiger partial charge in [0.05, 0.1) is 4.47 Å². The summed E-state index contributed by atoms with van der Waals surface area (Å²) in [6.07, 6.45) is 0. The highest BCUT2D eigenvalue weighted by atomic mass is 79.9. The molecule has 104 valence electrons. The number of hydrogen-bond donors (Lipinski definition) is 3. The molecule has 1 aromatic heterocycles. The zero-order chi connectivity index (χ0) is 14.9. The van der Waals surface area contributed by atoms with Crippen LogP contribution in [0.3, 0.4) is 0 Å². The van der Waals surface area contributed by atoms with Crippen molar-refractivity contribution in [2.24, 2.45) is 5.73 Å². The quantitative estimate of drug-likeness (QED) is 0.369. The Labute approximate surface area is 134 Å². The van der Waals surface area contributed by atoms with Crippen LogP contribution < -0.4 is 22.2 Å². The lowest BCUT2D eigenvalue weighted by atomic mass is 10.2. The van der Waals surface area contributed by atoms with E-state index in [9.17, 15) is 9.59 Å². The summed E-state index contributed by atoms with van der Waals surface area (Å²) >= 11 is 11.1. The first-order valence-electron chi connectivity index (χ1n) is 5.17. The van der Waals surface area contributed by atoms with Crippen LogP contribution in [0.1, 0.15) is 10.4 Å². The van der Waals surface area contributed by atoms with Gasteiger partial charge in [-0.25, -0.2) is 4.79 Å². The Kier molecular flexibility index (Phi) is 4.41. The molecule has 20 heavy (non-hydrogen) atoms. The fourth-order valence-corrected chi connectivity index (χ4v) is 2.89. The first kappa shape index (κ1) is 14.9. The molecule has 0 aliphatic carbocycles. The molecule has 4 N–H and O–H groups in total. The third-order valence-electron chi connectivity index (χ3n) is 2.30. The van der Waals surface area contributed by atoms with Gasteiger partial charge in [0.1, 0.15) is 5.56 Å². The first-order valence-corrected chi connectivity index (χ1v) is 7.16. The predicted octanol–water partition coefficient (Wildman–Crippen LogP) is 1.80. The van der Waals surface area contributed by atoms with Crippen LogP contribution in [0.25, 0.3) is 11.0 Å². The topological polar surface area (TPSA) is 97.4 Å². The fraction of sp³-hybridized carbons (Fsp3) is 0. The van der Waals surface area contributed by atoms with Crippen LogP contribution in [0.5, 0.6) is 0 Å². The monoisotopic (exact) mass is 419 g/mol. The second-order valence-electron chi connectivity index (χ2n) is 3.70. The van der Waals surface area contributed by atoms with Crippen LogP contribution in [0, 0.1) is 0 Å². The summed E-state index contributed by atoms with van der Waals surface area (Å²) in [7, 11) is 0. The predicted molar refractivity (Wildman–Crippen MR) is 85.3 cm³/mol. The lowest BCUT2D eigenvalue weighted by molar-refractivity contribution is 0.0940. The second-order valence-corrected chi connectivity index (χ2v) is 5.91. The molecule has 0 spiro atoms. The molecule has 6 nitrogen and oxygen atoms in total. The molecule has 0 fully saturated rings. The summed E-state index contributed by atoms with van der Waals surface area (Å²) < 4.78 is 6.51. The van der Waals surface area contributed by atoms with Gasteiger partial charge in [0.15, 0.2) is 10.7 Å². The molecule has 1 aromatic carbocycles. The van der Waals surface area contributed by atoms with Crippen LogP contribution in [-0.2, 0) is 0 Å². The molecule has 0 saturated carbocycles. The van der Waals surface area contributed by atoms with Crippen molar-refractivity contribution in [1.82, 2.24) is 10.9 Å². The summed E-state index contributed by atoms with van der Waals surface area (Å²) in [6, 6.07) is 4.88. The maximum atomic E-state index is 11.8. The van der Waals surface area contributed by atoms with Crippen molar-refractivity contribution < 1.29 is 9.21 Å². The number of hydrazine groups is 1. The number of amides is 1. The van der Waals surface area contributed by atoms with E-state index in [2.05, 4.69) is 54.9 Å². The van der Waals surface area contributed by atoms with Crippen molar-refractivity contribution in [2.45, 2.75) is 0 Å². The molecule has 0 saturated heterocycles. The number of rotatable bonds is 1. The van der Waals surface area contributed by atoms with E-state index in [1.807, 2.05) is 0 Å². The largest absolute Gasteiger partial charge is 0.421 e. The smallest absolute Gasteiger partial charge is 0.349 e. The van der Waals surface area contributed by atoms with Gasteiger partial charge in [0.25, 0.3) is 5.91 Å². The molecule has 9 heteroatoms. The van der Waals surface area contributed by atoms with Crippen molar-refractivity contribution >= 4 is 66.1 Å². The number of fused-ring (bicyclic) bond motifs is 1. The Balaban J connectivity index is 2.50. The number of nitrogens with two attached hydrogens (primary N) is 1. The van der Waals surface area contributed by atoms with Gasteiger partial charge in [-0.1, -0.05) is 15.9 Å². The normalized spacial score (nSPS) is 10.3. The molecule has 2 rings (SSSR count). The molecule has 0 atom stereocenters. The summed E-state index contributed by atoms with van der Waals surface area (Å²) in [5.74, 6) is -0.690. The lowest BCUT2D eigenvalue weighted by Crippen LogP contribution is -2.45. The average Bonchev–Trinajstić information content (AvgIpc) is 2.36. The van der Waals surface area contributed by atoms with Crippen LogP contribution in [0.4, 0.5) is 0 Å². The number of benzene rings is 1. The summed E-state index contributed by atoms with van der Waals surface area (Å²) in [4.78, 5) is 23.6. The summed E-state index contributed by atoms with van der Waals surface area (Å²) in [5.41, 5.74) is 9.06. The van der Waals surface area contributed by atoms with E-state index in [4.69, 9.17) is 10.2 Å². The van der Waals surface area contributed by atoms with Gasteiger partial charge in [0, 0.05) is 9.86 Å². The van der Waals surface area contributed by atoms with E-state index in [-0.39, 0.29) is 10.7 Å². The molecule has 0 bridgehead atoms. The number of carbonyl (C=O) groups excluding carboxylic acids is 1. The van der Waals surface area contributed by atoms with E-state index >= 15 is 0 Å². The SMILES string of the molecule is NC(=S)NNC(=O)c1cc2cc(Br)cc(Br)c2oc1=O. The van der Waals surface area contributed by atoms with Crippen molar-refractivity contribution in [3.8, 4) is 0 Å². The maximum Gasteiger partial charge on any atom is 0.349 e. The number of thiocarbonyl (C=S) groups is 1. The third-order valence-corrected chi connectivity index (χ3v) is 3.44. The van der Waals surface area contributed by atoms with Crippen LogP contribution in [0.15, 0.2) is 36.4 Å². The lowest BCUT2D eigenvalue weighted by Gasteiger charge is -2.06. The molecule has 0 aliphatic heterocycles. The zero-order valence-corrected chi connectivity index (χ0v) is 13.7. The summed E-state index contributed by atoms with van der Waals surface area (Å²) in [6.45, 7) is 0. The average molecular weight is 421 g/mol. The zero-order valence-electron chi connectivity index (χ0n) is 9.70. The minimum atomic E-state index is -0.761. The number of nitrogens with one attached hydrogen (secondary N) is 2.